The fourth-order valence-electron chi connectivity index (χ4n) is 2.89. The van der Waals surface area contributed by atoms with E-state index in [2.05, 4.69) is 10.3 Å². The van der Waals surface area contributed by atoms with Crippen LogP contribution < -0.4 is 5.32 Å². The summed E-state index contributed by atoms with van der Waals surface area (Å²) in [5, 5.41) is 3.66. The number of benzene rings is 2. The van der Waals surface area contributed by atoms with Crippen molar-refractivity contribution in [2.24, 2.45) is 7.05 Å². The first kappa shape index (κ1) is 19.7. The lowest BCUT2D eigenvalue weighted by Crippen LogP contribution is -2.11. The molecule has 0 saturated heterocycles. The van der Waals surface area contributed by atoms with Gasteiger partial charge >= 0.3 is 0 Å². The molecule has 0 radical (unpaired) electrons. The summed E-state index contributed by atoms with van der Waals surface area (Å²) < 4.78 is 7.59. The molecule has 0 unspecified atom stereocenters. The Morgan fingerprint density at radius 2 is 1.83 bits per heavy atom. The molecule has 1 N–H and O–H groups in total. The van der Waals surface area contributed by atoms with Crippen molar-refractivity contribution in [2.75, 3.05) is 5.32 Å². The predicted octanol–water partition coefficient (Wildman–Crippen LogP) is 4.79. The molecule has 0 fully saturated rings. The fraction of sp³-hybridized carbons (Fsp3) is 0.0870. The van der Waals surface area contributed by atoms with Gasteiger partial charge in [0.25, 0.3) is 5.91 Å². The maximum Gasteiger partial charge on any atom is 0.291 e. The van der Waals surface area contributed by atoms with Gasteiger partial charge in [0.1, 0.15) is 5.76 Å². The molecule has 2 heterocycles. The zero-order valence-electron chi connectivity index (χ0n) is 16.2. The minimum Gasteiger partial charge on any atom is -0.455 e. The number of nitrogens with zero attached hydrogens (tertiary/aromatic N) is 2. The fourth-order valence-corrected chi connectivity index (χ4v) is 3.72. The number of carbonyl (C=O) groups is 2. The van der Waals surface area contributed by atoms with Crippen LogP contribution in [0.15, 0.2) is 88.7 Å². The Bertz CT molecular complexity index is 1180. The number of aromatic nitrogens is 2. The number of hydrogen-bond donors (Lipinski definition) is 1. The third-order valence-electron chi connectivity index (χ3n) is 4.42. The molecule has 0 saturated carbocycles. The van der Waals surface area contributed by atoms with Gasteiger partial charge in [-0.15, -0.1) is 0 Å². The van der Waals surface area contributed by atoms with Crippen molar-refractivity contribution in [3.8, 4) is 0 Å². The van der Waals surface area contributed by atoms with Gasteiger partial charge in [0.2, 0.25) is 0 Å². The van der Waals surface area contributed by atoms with E-state index in [0.29, 0.717) is 28.3 Å². The van der Waals surface area contributed by atoms with E-state index < -0.39 is 0 Å². The van der Waals surface area contributed by atoms with Crippen molar-refractivity contribution in [1.29, 1.82) is 0 Å². The second-order valence-corrected chi connectivity index (χ2v) is 7.55. The van der Waals surface area contributed by atoms with E-state index in [9.17, 15) is 9.59 Å². The lowest BCUT2D eigenvalue weighted by molar-refractivity contribution is 0.0993. The van der Waals surface area contributed by atoms with Crippen molar-refractivity contribution >= 4 is 29.1 Å². The second kappa shape index (κ2) is 8.84. The Labute approximate surface area is 177 Å². The highest BCUT2D eigenvalue weighted by atomic mass is 32.2. The van der Waals surface area contributed by atoms with Gasteiger partial charge in [-0.3, -0.25) is 9.59 Å². The Kier molecular flexibility index (Phi) is 5.81. The topological polar surface area (TPSA) is 77.1 Å². The van der Waals surface area contributed by atoms with Gasteiger partial charge in [-0.1, -0.05) is 54.2 Å². The summed E-state index contributed by atoms with van der Waals surface area (Å²) in [6.45, 7) is 0. The smallest absolute Gasteiger partial charge is 0.291 e. The van der Waals surface area contributed by atoms with Crippen molar-refractivity contribution < 1.29 is 14.0 Å². The number of furan rings is 1. The molecule has 0 atom stereocenters. The quantitative estimate of drug-likeness (QED) is 0.346. The van der Waals surface area contributed by atoms with Crippen LogP contribution in [-0.2, 0) is 12.8 Å². The van der Waals surface area contributed by atoms with E-state index in [1.807, 2.05) is 36.0 Å². The first-order valence-electron chi connectivity index (χ1n) is 9.30. The molecule has 2 aromatic carbocycles. The molecule has 1 amide bonds. The summed E-state index contributed by atoms with van der Waals surface area (Å²) in [6.07, 6.45) is 3.61. The Morgan fingerprint density at radius 1 is 1.03 bits per heavy atom. The average Bonchev–Trinajstić information content (AvgIpc) is 3.41. The molecule has 4 aromatic rings. The Balaban J connectivity index is 1.41. The summed E-state index contributed by atoms with van der Waals surface area (Å²) in [6, 6.07) is 19.3. The molecule has 2 aromatic heterocycles. The SMILES string of the molecule is Cn1ccnc1SCc1ccc(C(=O)Nc2cccc(C(=O)c3ccccc3)c2)o1. The van der Waals surface area contributed by atoms with Crippen LogP contribution in [0.25, 0.3) is 0 Å². The van der Waals surface area contributed by atoms with Gasteiger partial charge in [-0.2, -0.15) is 0 Å². The van der Waals surface area contributed by atoms with Crippen molar-refractivity contribution in [3.63, 3.8) is 0 Å². The number of imidazole rings is 1. The first-order valence-corrected chi connectivity index (χ1v) is 10.3. The standard InChI is InChI=1S/C23H19N3O3S/c1-26-13-12-24-23(26)30-15-19-10-11-20(29-19)22(28)25-18-9-5-8-17(14-18)21(27)16-6-3-2-4-7-16/h2-14H,15H2,1H3,(H,25,28). The highest BCUT2D eigenvalue weighted by Crippen LogP contribution is 2.22. The van der Waals surface area contributed by atoms with E-state index >= 15 is 0 Å². The van der Waals surface area contributed by atoms with E-state index in [4.69, 9.17) is 4.42 Å². The number of hydrogen-bond acceptors (Lipinski definition) is 5. The number of amides is 1. The number of ketones is 1. The summed E-state index contributed by atoms with van der Waals surface area (Å²) in [5.74, 6) is 0.997. The number of thioether (sulfide) groups is 1. The van der Waals surface area contributed by atoms with Gasteiger partial charge in [0.05, 0.1) is 5.75 Å². The van der Waals surface area contributed by atoms with Crippen LogP contribution in [0.3, 0.4) is 0 Å². The van der Waals surface area contributed by atoms with E-state index in [1.165, 1.54) is 11.8 Å². The van der Waals surface area contributed by atoms with Crippen LogP contribution in [0.1, 0.15) is 32.2 Å². The van der Waals surface area contributed by atoms with Gasteiger partial charge in [0, 0.05) is 36.3 Å². The van der Waals surface area contributed by atoms with Crippen LogP contribution in [0.2, 0.25) is 0 Å². The highest BCUT2D eigenvalue weighted by Gasteiger charge is 2.14. The molecule has 4 rings (SSSR count). The molecule has 30 heavy (non-hydrogen) atoms. The summed E-state index contributed by atoms with van der Waals surface area (Å²) in [5.41, 5.74) is 1.63. The number of anilines is 1. The number of rotatable bonds is 7. The van der Waals surface area contributed by atoms with Crippen LogP contribution in [0.4, 0.5) is 5.69 Å². The molecule has 150 valence electrons. The zero-order valence-corrected chi connectivity index (χ0v) is 17.1. The monoisotopic (exact) mass is 417 g/mol. The highest BCUT2D eigenvalue weighted by molar-refractivity contribution is 7.98. The second-order valence-electron chi connectivity index (χ2n) is 6.61. The molecule has 0 aliphatic carbocycles. The molecule has 0 aliphatic heterocycles. The average molecular weight is 417 g/mol. The third kappa shape index (κ3) is 4.52. The minimum absolute atomic E-state index is 0.0988. The number of aryl methyl sites for hydroxylation is 1. The molecule has 6 nitrogen and oxygen atoms in total. The predicted molar refractivity (Wildman–Crippen MR) is 116 cm³/mol. The van der Waals surface area contributed by atoms with Crippen LogP contribution in [-0.4, -0.2) is 21.2 Å². The lowest BCUT2D eigenvalue weighted by atomic mass is 10.0. The first-order chi connectivity index (χ1) is 14.6. The zero-order chi connectivity index (χ0) is 20.9. The van der Waals surface area contributed by atoms with E-state index in [1.54, 1.807) is 54.7 Å². The van der Waals surface area contributed by atoms with Crippen LogP contribution in [0, 0.1) is 0 Å². The minimum atomic E-state index is -0.368. The van der Waals surface area contributed by atoms with E-state index in [-0.39, 0.29) is 17.5 Å². The molecule has 7 heteroatoms. The maximum absolute atomic E-state index is 12.6. The Hall–Kier alpha value is -3.58. The molecule has 0 spiro atoms. The van der Waals surface area contributed by atoms with Crippen molar-refractivity contribution in [2.45, 2.75) is 10.9 Å². The van der Waals surface area contributed by atoms with Crippen molar-refractivity contribution in [1.82, 2.24) is 9.55 Å². The summed E-state index contributed by atoms with van der Waals surface area (Å²) in [7, 11) is 1.92. The molecular weight excluding hydrogens is 398 g/mol. The molecule has 0 aliphatic rings. The van der Waals surface area contributed by atoms with Gasteiger partial charge in [-0.05, 0) is 24.3 Å². The third-order valence-corrected chi connectivity index (χ3v) is 5.50. The summed E-state index contributed by atoms with van der Waals surface area (Å²) >= 11 is 1.53. The summed E-state index contributed by atoms with van der Waals surface area (Å²) in [4.78, 5) is 29.4. The van der Waals surface area contributed by atoms with Gasteiger partial charge in [0.15, 0.2) is 16.7 Å². The lowest BCUT2D eigenvalue weighted by Gasteiger charge is -2.06. The van der Waals surface area contributed by atoms with Gasteiger partial charge < -0.3 is 14.3 Å². The number of carbonyl (C=O) groups excluding carboxylic acids is 2. The normalized spacial score (nSPS) is 10.7. The number of nitrogens with one attached hydrogen (secondary N) is 1. The molecule has 0 bridgehead atoms. The van der Waals surface area contributed by atoms with Crippen LogP contribution in [0.5, 0.6) is 0 Å². The van der Waals surface area contributed by atoms with Crippen LogP contribution >= 0.6 is 11.8 Å². The maximum atomic E-state index is 12.6. The van der Waals surface area contributed by atoms with Gasteiger partial charge in [-0.25, -0.2) is 4.98 Å². The Morgan fingerprint density at radius 3 is 2.60 bits per heavy atom. The largest absolute Gasteiger partial charge is 0.455 e. The van der Waals surface area contributed by atoms with E-state index in [0.717, 1.165) is 5.16 Å². The van der Waals surface area contributed by atoms with Crippen molar-refractivity contribution in [3.05, 3.63) is 102 Å². The molecular formula is C23H19N3O3S.